The summed E-state index contributed by atoms with van der Waals surface area (Å²) >= 11 is 0. The first-order chi connectivity index (χ1) is 9.28. The van der Waals surface area contributed by atoms with Crippen LogP contribution in [0.15, 0.2) is 18.5 Å². The molecule has 2 aromatic heterocycles. The third-order valence-electron chi connectivity index (χ3n) is 2.97. The largest absolute Gasteiger partial charge is 0.436 e. The minimum atomic E-state index is 0.439. The van der Waals surface area contributed by atoms with Gasteiger partial charge in [-0.25, -0.2) is 10.8 Å². The number of nitrogen functional groups attached to an aromatic ring is 1. The summed E-state index contributed by atoms with van der Waals surface area (Å²) < 4.78 is 7.48. The lowest BCUT2D eigenvalue weighted by atomic mass is 10.4. The number of ether oxygens (including phenoxy) is 1. The van der Waals surface area contributed by atoms with E-state index in [-0.39, 0.29) is 0 Å². The molecular formula is C12H16N6O. The predicted octanol–water partition coefficient (Wildman–Crippen LogP) is 1.65. The smallest absolute Gasteiger partial charge is 0.224 e. The first-order valence-electron chi connectivity index (χ1n) is 6.34. The van der Waals surface area contributed by atoms with Crippen LogP contribution in [0.5, 0.6) is 11.6 Å². The molecule has 0 aromatic carbocycles. The zero-order chi connectivity index (χ0) is 13.2. The Morgan fingerprint density at radius 1 is 1.47 bits per heavy atom. The normalized spacial score (nSPS) is 14.4. The molecule has 0 unspecified atom stereocenters. The van der Waals surface area contributed by atoms with E-state index >= 15 is 0 Å². The molecule has 1 aliphatic carbocycles. The molecule has 19 heavy (non-hydrogen) atoms. The molecule has 7 nitrogen and oxygen atoms in total. The average molecular weight is 260 g/mol. The van der Waals surface area contributed by atoms with Crippen molar-refractivity contribution < 1.29 is 4.74 Å². The Kier molecular flexibility index (Phi) is 3.04. The van der Waals surface area contributed by atoms with Gasteiger partial charge in [-0.1, -0.05) is 0 Å². The molecule has 1 fully saturated rings. The monoisotopic (exact) mass is 260 g/mol. The number of nitrogens with zero attached hydrogens (tertiary/aromatic N) is 4. The van der Waals surface area contributed by atoms with Gasteiger partial charge in [0.15, 0.2) is 5.75 Å². The van der Waals surface area contributed by atoms with Crippen LogP contribution in [-0.2, 0) is 6.54 Å². The molecule has 0 aliphatic heterocycles. The van der Waals surface area contributed by atoms with E-state index in [9.17, 15) is 0 Å². The van der Waals surface area contributed by atoms with Crippen molar-refractivity contribution in [3.8, 4) is 11.6 Å². The van der Waals surface area contributed by atoms with Gasteiger partial charge in [-0.05, 0) is 19.8 Å². The Hall–Kier alpha value is -2.15. The molecule has 2 aromatic rings. The van der Waals surface area contributed by atoms with E-state index in [1.165, 1.54) is 0 Å². The summed E-state index contributed by atoms with van der Waals surface area (Å²) in [6.45, 7) is 2.82. The van der Waals surface area contributed by atoms with Gasteiger partial charge >= 0.3 is 0 Å². The Morgan fingerprint density at radius 2 is 2.32 bits per heavy atom. The van der Waals surface area contributed by atoms with E-state index < -0.39 is 0 Å². The molecule has 0 amide bonds. The van der Waals surface area contributed by atoms with Crippen molar-refractivity contribution in [2.75, 3.05) is 5.43 Å². The number of anilines is 1. The zero-order valence-electron chi connectivity index (χ0n) is 10.7. The summed E-state index contributed by atoms with van der Waals surface area (Å²) in [5, 5.41) is 4.15. The molecule has 3 N–H and O–H groups in total. The third kappa shape index (κ3) is 2.65. The highest BCUT2D eigenvalue weighted by Crippen LogP contribution is 2.39. The second-order valence-electron chi connectivity index (χ2n) is 4.50. The molecule has 0 saturated heterocycles. The Morgan fingerprint density at radius 3 is 2.95 bits per heavy atom. The topological polar surface area (TPSA) is 90.9 Å². The number of hydrogen-bond acceptors (Lipinski definition) is 6. The van der Waals surface area contributed by atoms with E-state index in [4.69, 9.17) is 10.6 Å². The van der Waals surface area contributed by atoms with Crippen molar-refractivity contribution in [2.45, 2.75) is 32.2 Å². The quantitative estimate of drug-likeness (QED) is 0.627. The van der Waals surface area contributed by atoms with Gasteiger partial charge in [-0.2, -0.15) is 10.1 Å². The van der Waals surface area contributed by atoms with E-state index in [1.807, 2.05) is 13.1 Å². The lowest BCUT2D eigenvalue weighted by Crippen LogP contribution is -2.10. The summed E-state index contributed by atoms with van der Waals surface area (Å²) in [5.74, 6) is 8.35. The molecule has 0 atom stereocenters. The minimum absolute atomic E-state index is 0.439. The van der Waals surface area contributed by atoms with Crippen LogP contribution in [0.25, 0.3) is 0 Å². The minimum Gasteiger partial charge on any atom is -0.436 e. The predicted molar refractivity (Wildman–Crippen MR) is 69.8 cm³/mol. The van der Waals surface area contributed by atoms with E-state index in [0.717, 1.165) is 25.2 Å². The highest BCUT2D eigenvalue weighted by Gasteiger charge is 2.27. The summed E-state index contributed by atoms with van der Waals surface area (Å²) in [6, 6.07) is 1.68. The van der Waals surface area contributed by atoms with Crippen molar-refractivity contribution in [2.24, 2.45) is 5.84 Å². The van der Waals surface area contributed by atoms with Gasteiger partial charge < -0.3 is 10.2 Å². The van der Waals surface area contributed by atoms with Gasteiger partial charge in [0.1, 0.15) is 11.6 Å². The lowest BCUT2D eigenvalue weighted by molar-refractivity contribution is 0.458. The summed E-state index contributed by atoms with van der Waals surface area (Å²) in [6.07, 6.45) is 5.74. The number of aromatic nitrogens is 4. The molecule has 7 heteroatoms. The number of hydrazine groups is 1. The van der Waals surface area contributed by atoms with Gasteiger partial charge in [-0.3, -0.25) is 4.68 Å². The molecular weight excluding hydrogens is 244 g/mol. The second-order valence-corrected chi connectivity index (χ2v) is 4.50. The maximum Gasteiger partial charge on any atom is 0.224 e. The van der Waals surface area contributed by atoms with Gasteiger partial charge in [-0.15, -0.1) is 0 Å². The molecule has 3 rings (SSSR count). The maximum absolute atomic E-state index is 5.69. The van der Waals surface area contributed by atoms with Gasteiger partial charge in [0.2, 0.25) is 5.88 Å². The highest BCUT2D eigenvalue weighted by atomic mass is 16.5. The Balaban J connectivity index is 1.84. The van der Waals surface area contributed by atoms with Crippen LogP contribution in [0.4, 0.5) is 5.82 Å². The number of hydrogen-bond donors (Lipinski definition) is 2. The maximum atomic E-state index is 5.69. The van der Waals surface area contributed by atoms with Crippen molar-refractivity contribution in [1.29, 1.82) is 0 Å². The summed E-state index contributed by atoms with van der Waals surface area (Å²) in [4.78, 5) is 8.74. The first kappa shape index (κ1) is 11.9. The van der Waals surface area contributed by atoms with Crippen LogP contribution in [0, 0.1) is 0 Å². The molecule has 1 saturated carbocycles. The van der Waals surface area contributed by atoms with Crippen LogP contribution >= 0.6 is 0 Å². The van der Waals surface area contributed by atoms with E-state index in [1.54, 1.807) is 16.9 Å². The van der Waals surface area contributed by atoms with Crippen molar-refractivity contribution in [3.05, 3.63) is 24.3 Å². The molecule has 0 bridgehead atoms. The fourth-order valence-corrected chi connectivity index (χ4v) is 1.78. The van der Waals surface area contributed by atoms with Crippen LogP contribution in [0.2, 0.25) is 0 Å². The Labute approximate surface area is 110 Å². The molecule has 0 radical (unpaired) electrons. The van der Waals surface area contributed by atoms with Crippen LogP contribution < -0.4 is 16.0 Å². The Bertz CT molecular complexity index is 577. The van der Waals surface area contributed by atoms with E-state index in [0.29, 0.717) is 23.4 Å². The number of aryl methyl sites for hydroxylation is 1. The zero-order valence-corrected chi connectivity index (χ0v) is 10.7. The third-order valence-corrected chi connectivity index (χ3v) is 2.97. The highest BCUT2D eigenvalue weighted by molar-refractivity contribution is 5.39. The fourth-order valence-electron chi connectivity index (χ4n) is 1.78. The lowest BCUT2D eigenvalue weighted by Gasteiger charge is -2.07. The van der Waals surface area contributed by atoms with Crippen molar-refractivity contribution in [3.63, 3.8) is 0 Å². The average Bonchev–Trinajstić information content (AvgIpc) is 3.19. The summed E-state index contributed by atoms with van der Waals surface area (Å²) in [7, 11) is 0. The molecule has 0 spiro atoms. The van der Waals surface area contributed by atoms with Gasteiger partial charge in [0, 0.05) is 18.5 Å². The molecule has 2 heterocycles. The van der Waals surface area contributed by atoms with Crippen molar-refractivity contribution >= 4 is 5.82 Å². The molecule has 1 aliphatic rings. The molecule has 100 valence electrons. The number of nitrogens with one attached hydrogen (secondary N) is 1. The SMILES string of the molecule is CCn1cc(Oc2cc(NN)nc(C3CC3)n2)cn1. The number of nitrogens with two attached hydrogens (primary N) is 1. The van der Waals surface area contributed by atoms with Crippen molar-refractivity contribution in [1.82, 2.24) is 19.7 Å². The summed E-state index contributed by atoms with van der Waals surface area (Å²) in [5.41, 5.74) is 2.54. The van der Waals surface area contributed by atoms with Gasteiger partial charge in [0.05, 0.1) is 12.4 Å². The number of rotatable bonds is 5. The van der Waals surface area contributed by atoms with Crippen LogP contribution in [0.1, 0.15) is 31.5 Å². The van der Waals surface area contributed by atoms with E-state index in [2.05, 4.69) is 20.5 Å². The van der Waals surface area contributed by atoms with Crippen LogP contribution in [-0.4, -0.2) is 19.7 Å². The van der Waals surface area contributed by atoms with Gasteiger partial charge in [0.25, 0.3) is 0 Å². The first-order valence-corrected chi connectivity index (χ1v) is 6.34. The fraction of sp³-hybridized carbons (Fsp3) is 0.417. The van der Waals surface area contributed by atoms with Crippen LogP contribution in [0.3, 0.4) is 0 Å². The standard InChI is InChI=1S/C12H16N6O/c1-2-18-7-9(6-14-18)19-11-5-10(17-13)15-12(16-11)8-3-4-8/h5-8H,2-4,13H2,1H3,(H,15,16,17). The second kappa shape index (κ2) is 4.85.